The van der Waals surface area contributed by atoms with E-state index in [1.54, 1.807) is 24.5 Å². The van der Waals surface area contributed by atoms with E-state index in [-0.39, 0.29) is 11.1 Å². The average molecular weight is 576 g/mol. The van der Waals surface area contributed by atoms with Crippen molar-refractivity contribution in [2.45, 2.75) is 13.0 Å². The van der Waals surface area contributed by atoms with Crippen LogP contribution in [-0.2, 0) is 22.1 Å². The van der Waals surface area contributed by atoms with Crippen molar-refractivity contribution in [2.75, 3.05) is 43.7 Å². The van der Waals surface area contributed by atoms with Gasteiger partial charge in [0.2, 0.25) is 13.3 Å². The van der Waals surface area contributed by atoms with Gasteiger partial charge in [-0.15, -0.1) is 0 Å². The van der Waals surface area contributed by atoms with Crippen LogP contribution in [0.3, 0.4) is 0 Å². The summed E-state index contributed by atoms with van der Waals surface area (Å²) in [5, 5.41) is 16.1. The van der Waals surface area contributed by atoms with Crippen LogP contribution in [0.4, 0.5) is 17.5 Å². The van der Waals surface area contributed by atoms with E-state index in [0.29, 0.717) is 48.1 Å². The second-order valence-electron chi connectivity index (χ2n) is 9.34. The molecule has 0 aliphatic carbocycles. The molecule has 15 heteroatoms. The van der Waals surface area contributed by atoms with Crippen LogP contribution in [0, 0.1) is 0 Å². The summed E-state index contributed by atoms with van der Waals surface area (Å²) < 4.78 is 25.6. The Bertz CT molecular complexity index is 1540. The normalized spacial score (nSPS) is 13.5. The predicted octanol–water partition coefficient (Wildman–Crippen LogP) is 2.52. The second-order valence-corrected chi connectivity index (χ2v) is 13.7. The number of aromatic hydroxyl groups is 1. The zero-order chi connectivity index (χ0) is 28.2. The largest absolute Gasteiger partial charge is 0.508 e. The molecule has 0 radical (unpaired) electrons. The number of aromatic nitrogens is 4. The van der Waals surface area contributed by atoms with Crippen LogP contribution in [0.2, 0.25) is 0 Å². The molecule has 2 heterocycles. The van der Waals surface area contributed by atoms with E-state index in [0.717, 1.165) is 12.1 Å². The van der Waals surface area contributed by atoms with Gasteiger partial charge in [0.05, 0.1) is 6.33 Å². The number of imidazole rings is 1. The first-order valence-electron chi connectivity index (χ1n) is 12.0. The van der Waals surface area contributed by atoms with Gasteiger partial charge >= 0.3 is 7.60 Å². The number of anilines is 3. The molecule has 0 fully saturated rings. The van der Waals surface area contributed by atoms with Crippen LogP contribution in [-0.4, -0.2) is 77.3 Å². The molecular formula is C24H31N7O6P2. The Labute approximate surface area is 225 Å². The number of aryl methyl sites for hydroxylation is 2. The molecule has 0 aliphatic rings. The molecule has 0 spiro atoms. The van der Waals surface area contributed by atoms with Crippen LogP contribution >= 0.6 is 15.0 Å². The van der Waals surface area contributed by atoms with Gasteiger partial charge in [0.25, 0.3) is 0 Å². The Balaban J connectivity index is 1.61. The Morgan fingerprint density at radius 1 is 1.03 bits per heavy atom. The topological polar surface area (TPSA) is 186 Å². The molecule has 208 valence electrons. The fourth-order valence-corrected chi connectivity index (χ4v) is 7.14. The van der Waals surface area contributed by atoms with Gasteiger partial charge in [-0.3, -0.25) is 9.13 Å². The number of phenolic OH excluding ortho intramolecular Hbond substituents is 1. The van der Waals surface area contributed by atoms with Gasteiger partial charge < -0.3 is 39.9 Å². The lowest BCUT2D eigenvalue weighted by molar-refractivity contribution is 0.376. The molecule has 2 aromatic carbocycles. The molecule has 1 unspecified atom stereocenters. The summed E-state index contributed by atoms with van der Waals surface area (Å²) in [5.74, 6) is -0.112. The van der Waals surface area contributed by atoms with Crippen molar-refractivity contribution in [3.63, 3.8) is 0 Å². The maximum atomic E-state index is 12.4. The minimum absolute atomic E-state index is 0.0634. The van der Waals surface area contributed by atoms with Crippen molar-refractivity contribution in [1.29, 1.82) is 0 Å². The maximum Gasteiger partial charge on any atom is 0.335 e. The van der Waals surface area contributed by atoms with Gasteiger partial charge in [-0.25, -0.2) is 4.98 Å². The Hall–Kier alpha value is -3.31. The molecular weight excluding hydrogens is 544 g/mol. The SMILES string of the molecule is CN(C)CCNc1nc(Nc2ccc(P(=O)(O)CP(=O)(O)O)cc2)c2ncn(CCc3cccc(O)c3)c2n1. The van der Waals surface area contributed by atoms with Crippen LogP contribution < -0.4 is 15.9 Å². The molecule has 0 saturated heterocycles. The van der Waals surface area contributed by atoms with Crippen LogP contribution in [0.1, 0.15) is 5.56 Å². The molecule has 13 nitrogen and oxygen atoms in total. The van der Waals surface area contributed by atoms with Gasteiger partial charge in [-0.05, 0) is 62.5 Å². The number of nitrogens with zero attached hydrogens (tertiary/aromatic N) is 5. The fraction of sp³-hybridized carbons (Fsp3) is 0.292. The van der Waals surface area contributed by atoms with Gasteiger partial charge in [0.15, 0.2) is 17.0 Å². The van der Waals surface area contributed by atoms with Crippen molar-refractivity contribution in [3.8, 4) is 5.75 Å². The molecule has 6 N–H and O–H groups in total. The van der Waals surface area contributed by atoms with Crippen molar-refractivity contribution in [2.24, 2.45) is 0 Å². The van der Waals surface area contributed by atoms with E-state index < -0.39 is 20.9 Å². The molecule has 4 aromatic rings. The van der Waals surface area contributed by atoms with E-state index in [1.165, 1.54) is 24.3 Å². The Kier molecular flexibility index (Phi) is 8.70. The van der Waals surface area contributed by atoms with Crippen LogP contribution in [0.25, 0.3) is 11.2 Å². The molecule has 1 atom stereocenters. The summed E-state index contributed by atoms with van der Waals surface area (Å²) in [5.41, 5.74) is 2.61. The lowest BCUT2D eigenvalue weighted by Crippen LogP contribution is -2.21. The standard InChI is InChI=1S/C24H31N7O6P2/c1-30(2)13-11-25-24-28-22(27-18-6-8-20(9-7-18)38(33,34)16-39(35,36)37)21-23(29-24)31(15-26-21)12-10-17-4-3-5-19(32)14-17/h3-9,14-15,32H,10-13,16H2,1-2H3,(H,33,34)(H2,35,36,37)(H2,25,27,28,29). The van der Waals surface area contributed by atoms with E-state index in [9.17, 15) is 19.1 Å². The third-order valence-corrected chi connectivity index (χ3v) is 9.88. The van der Waals surface area contributed by atoms with Gasteiger partial charge in [0.1, 0.15) is 11.7 Å². The monoisotopic (exact) mass is 575 g/mol. The summed E-state index contributed by atoms with van der Waals surface area (Å²) in [6.45, 7) is 1.93. The van der Waals surface area contributed by atoms with E-state index in [4.69, 9.17) is 9.79 Å². The van der Waals surface area contributed by atoms with Gasteiger partial charge in [-0.1, -0.05) is 12.1 Å². The quantitative estimate of drug-likeness (QED) is 0.136. The lowest BCUT2D eigenvalue weighted by Gasteiger charge is -2.14. The van der Waals surface area contributed by atoms with Crippen LogP contribution in [0.15, 0.2) is 54.9 Å². The zero-order valence-corrected chi connectivity index (χ0v) is 23.3. The van der Waals surface area contributed by atoms with Gasteiger partial charge in [0, 0.05) is 30.6 Å². The number of hydrogen-bond acceptors (Lipinski definition) is 9. The highest BCUT2D eigenvalue weighted by Gasteiger charge is 2.31. The third kappa shape index (κ3) is 7.86. The first-order valence-corrected chi connectivity index (χ1v) is 15.7. The van der Waals surface area contributed by atoms with E-state index in [1.807, 2.05) is 29.6 Å². The average Bonchev–Trinajstić information content (AvgIpc) is 3.25. The number of hydrogen-bond donors (Lipinski definition) is 6. The number of likely N-dealkylation sites (N-methyl/N-ethyl adjacent to an activating group) is 1. The van der Waals surface area contributed by atoms with Gasteiger partial charge in [-0.2, -0.15) is 9.97 Å². The number of nitrogens with one attached hydrogen (secondary N) is 2. The molecule has 4 rings (SSSR count). The first kappa shape index (κ1) is 28.7. The summed E-state index contributed by atoms with van der Waals surface area (Å²) in [4.78, 5) is 44.2. The minimum Gasteiger partial charge on any atom is -0.508 e. The predicted molar refractivity (Wildman–Crippen MR) is 150 cm³/mol. The molecule has 0 bridgehead atoms. The molecule has 39 heavy (non-hydrogen) atoms. The second kappa shape index (κ2) is 11.8. The highest BCUT2D eigenvalue weighted by atomic mass is 31.2. The van der Waals surface area contributed by atoms with Crippen molar-refractivity contribution in [1.82, 2.24) is 24.4 Å². The summed E-state index contributed by atoms with van der Waals surface area (Å²) in [6, 6.07) is 12.8. The van der Waals surface area contributed by atoms with E-state index >= 15 is 0 Å². The van der Waals surface area contributed by atoms with Crippen LogP contribution in [0.5, 0.6) is 5.75 Å². The molecule has 0 amide bonds. The number of rotatable bonds is 12. The summed E-state index contributed by atoms with van der Waals surface area (Å²) >= 11 is 0. The highest BCUT2D eigenvalue weighted by molar-refractivity contribution is 7.77. The summed E-state index contributed by atoms with van der Waals surface area (Å²) in [6.07, 6.45) is 2.32. The third-order valence-electron chi connectivity index (χ3n) is 5.77. The van der Waals surface area contributed by atoms with E-state index in [2.05, 4.69) is 25.6 Å². The molecule has 2 aromatic heterocycles. The Morgan fingerprint density at radius 3 is 2.44 bits per heavy atom. The maximum absolute atomic E-state index is 12.4. The van der Waals surface area contributed by atoms with Crippen molar-refractivity contribution in [3.05, 3.63) is 60.4 Å². The number of phenols is 1. The number of fused-ring (bicyclic) bond motifs is 1. The number of benzene rings is 2. The highest BCUT2D eigenvalue weighted by Crippen LogP contribution is 2.53. The first-order chi connectivity index (χ1) is 18.4. The fourth-order valence-electron chi connectivity index (χ4n) is 3.87. The molecule has 0 aliphatic heterocycles. The van der Waals surface area contributed by atoms with Crippen molar-refractivity contribution >= 4 is 48.9 Å². The molecule has 0 saturated carbocycles. The minimum atomic E-state index is -4.67. The smallest absolute Gasteiger partial charge is 0.335 e. The van der Waals surface area contributed by atoms with Crippen molar-refractivity contribution < 1.29 is 28.9 Å². The lowest BCUT2D eigenvalue weighted by atomic mass is 10.1. The summed E-state index contributed by atoms with van der Waals surface area (Å²) in [7, 11) is -4.98. The Morgan fingerprint density at radius 2 is 1.77 bits per heavy atom. The zero-order valence-electron chi connectivity index (χ0n) is 21.5.